The lowest BCUT2D eigenvalue weighted by Crippen LogP contribution is -2.34. The van der Waals surface area contributed by atoms with E-state index in [2.05, 4.69) is 10.3 Å². The fourth-order valence-electron chi connectivity index (χ4n) is 3.78. The third kappa shape index (κ3) is 2.97. The van der Waals surface area contributed by atoms with Gasteiger partial charge in [-0.3, -0.25) is 4.79 Å². The lowest BCUT2D eigenvalue weighted by Gasteiger charge is -2.34. The molecular weight excluding hydrogens is 354 g/mol. The summed E-state index contributed by atoms with van der Waals surface area (Å²) in [6.45, 7) is 2.00. The fourth-order valence-corrected chi connectivity index (χ4v) is 3.78. The van der Waals surface area contributed by atoms with E-state index >= 15 is 0 Å². The number of benzene rings is 2. The summed E-state index contributed by atoms with van der Waals surface area (Å²) >= 11 is 0. The molecule has 0 saturated carbocycles. The van der Waals surface area contributed by atoms with E-state index in [1.165, 1.54) is 0 Å². The van der Waals surface area contributed by atoms with Gasteiger partial charge in [-0.2, -0.15) is 0 Å². The number of ketones is 1. The van der Waals surface area contributed by atoms with Crippen molar-refractivity contribution < 1.29 is 14.3 Å². The van der Waals surface area contributed by atoms with Gasteiger partial charge in [0.05, 0.1) is 41.7 Å². The number of rotatable bonds is 4. The van der Waals surface area contributed by atoms with Crippen LogP contribution in [0.5, 0.6) is 0 Å². The first-order valence-electron chi connectivity index (χ1n) is 9.23. The minimum Gasteiger partial charge on any atom is -0.462 e. The summed E-state index contributed by atoms with van der Waals surface area (Å²) in [7, 11) is 1.87. The van der Waals surface area contributed by atoms with Crippen molar-refractivity contribution in [2.24, 2.45) is 7.05 Å². The molecule has 2 unspecified atom stereocenters. The Hall–Kier alpha value is -3.41. The average Bonchev–Trinajstić information content (AvgIpc) is 3.13. The van der Waals surface area contributed by atoms with Crippen molar-refractivity contribution in [3.8, 4) is 0 Å². The Morgan fingerprint density at radius 1 is 1.18 bits per heavy atom. The summed E-state index contributed by atoms with van der Waals surface area (Å²) in [4.78, 5) is 30.3. The second kappa shape index (κ2) is 7.31. The van der Waals surface area contributed by atoms with Gasteiger partial charge >= 0.3 is 5.97 Å². The molecule has 142 valence electrons. The van der Waals surface area contributed by atoms with Gasteiger partial charge in [-0.05, 0) is 24.6 Å². The summed E-state index contributed by atoms with van der Waals surface area (Å²) in [5.41, 5.74) is 3.09. The summed E-state index contributed by atoms with van der Waals surface area (Å²) < 4.78 is 7.01. The number of imidazole rings is 1. The first-order valence-corrected chi connectivity index (χ1v) is 9.23. The van der Waals surface area contributed by atoms with Crippen LogP contribution < -0.4 is 5.32 Å². The molecule has 3 aromatic rings. The number of esters is 1. The molecule has 0 radical (unpaired) electrons. The Kier molecular flexibility index (Phi) is 4.69. The topological polar surface area (TPSA) is 73.2 Å². The zero-order valence-corrected chi connectivity index (χ0v) is 15.8. The molecule has 2 aromatic carbocycles. The Labute approximate surface area is 163 Å². The monoisotopic (exact) mass is 375 g/mol. The van der Waals surface area contributed by atoms with Gasteiger partial charge in [0.15, 0.2) is 5.78 Å². The van der Waals surface area contributed by atoms with Crippen LogP contribution in [0.25, 0.3) is 0 Å². The minimum atomic E-state index is -0.516. The van der Waals surface area contributed by atoms with Crippen LogP contribution in [0.1, 0.15) is 50.9 Å². The quantitative estimate of drug-likeness (QED) is 0.704. The van der Waals surface area contributed by atoms with Crippen molar-refractivity contribution in [2.45, 2.75) is 18.9 Å². The molecule has 28 heavy (non-hydrogen) atoms. The maximum absolute atomic E-state index is 13.7. The van der Waals surface area contributed by atoms with E-state index in [9.17, 15) is 9.59 Å². The van der Waals surface area contributed by atoms with Crippen molar-refractivity contribution in [2.75, 3.05) is 11.9 Å². The zero-order chi connectivity index (χ0) is 19.7. The van der Waals surface area contributed by atoms with Gasteiger partial charge in [0.1, 0.15) is 0 Å². The van der Waals surface area contributed by atoms with Crippen LogP contribution in [-0.4, -0.2) is 27.9 Å². The van der Waals surface area contributed by atoms with Crippen LogP contribution in [-0.2, 0) is 11.8 Å². The van der Waals surface area contributed by atoms with Crippen molar-refractivity contribution in [1.82, 2.24) is 9.55 Å². The van der Waals surface area contributed by atoms with E-state index in [4.69, 9.17) is 4.74 Å². The van der Waals surface area contributed by atoms with E-state index in [1.54, 1.807) is 31.6 Å². The van der Waals surface area contributed by atoms with E-state index in [1.807, 2.05) is 48.0 Å². The van der Waals surface area contributed by atoms with E-state index in [-0.39, 0.29) is 24.0 Å². The van der Waals surface area contributed by atoms with Crippen molar-refractivity contribution in [3.63, 3.8) is 0 Å². The normalized spacial score (nSPS) is 18.3. The molecule has 0 fully saturated rings. The van der Waals surface area contributed by atoms with Crippen LogP contribution >= 0.6 is 0 Å². The van der Waals surface area contributed by atoms with E-state index < -0.39 is 11.9 Å². The number of hydrogen-bond donors (Lipinski definition) is 1. The Bertz CT molecular complexity index is 1030. The average molecular weight is 375 g/mol. The third-order valence-corrected chi connectivity index (χ3v) is 5.06. The van der Waals surface area contributed by atoms with Crippen molar-refractivity contribution >= 4 is 17.4 Å². The highest BCUT2D eigenvalue weighted by Crippen LogP contribution is 2.43. The first-order chi connectivity index (χ1) is 13.6. The molecule has 6 heteroatoms. The molecule has 4 rings (SSSR count). The lowest BCUT2D eigenvalue weighted by atomic mass is 9.79. The highest BCUT2D eigenvalue weighted by Gasteiger charge is 2.41. The number of hydrogen-bond acceptors (Lipinski definition) is 5. The Morgan fingerprint density at radius 2 is 1.96 bits per heavy atom. The molecule has 1 aliphatic heterocycles. The number of carbonyl (C=O) groups excluding carboxylic acids is 2. The van der Waals surface area contributed by atoms with Gasteiger partial charge in [-0.25, -0.2) is 9.78 Å². The van der Waals surface area contributed by atoms with Gasteiger partial charge in [-0.15, -0.1) is 0 Å². The molecule has 0 saturated heterocycles. The number of fused-ring (bicyclic) bond motifs is 1. The number of aryl methyl sites for hydroxylation is 1. The maximum atomic E-state index is 13.7. The smallest absolute Gasteiger partial charge is 0.338 e. The summed E-state index contributed by atoms with van der Waals surface area (Å²) in [5.74, 6) is -1.12. The molecule has 0 aliphatic carbocycles. The molecular formula is C22H21N3O3. The summed E-state index contributed by atoms with van der Waals surface area (Å²) in [6.07, 6.45) is 3.38. The molecule has 6 nitrogen and oxygen atoms in total. The predicted molar refractivity (Wildman–Crippen MR) is 105 cm³/mol. The van der Waals surface area contributed by atoms with Gasteiger partial charge in [-0.1, -0.05) is 36.4 Å². The molecule has 1 aromatic heterocycles. The molecule has 1 N–H and O–H groups in total. The number of aromatic nitrogens is 2. The van der Waals surface area contributed by atoms with Crippen LogP contribution in [0, 0.1) is 0 Å². The van der Waals surface area contributed by atoms with Gasteiger partial charge in [0.25, 0.3) is 0 Å². The number of nitrogens with zero attached hydrogens (tertiary/aromatic N) is 2. The van der Waals surface area contributed by atoms with Gasteiger partial charge < -0.3 is 14.6 Å². The van der Waals surface area contributed by atoms with Crippen LogP contribution in [0.15, 0.2) is 61.1 Å². The summed E-state index contributed by atoms with van der Waals surface area (Å²) in [5, 5.41) is 3.48. The third-order valence-electron chi connectivity index (χ3n) is 5.06. The summed E-state index contributed by atoms with van der Waals surface area (Å²) in [6, 6.07) is 14.8. The van der Waals surface area contributed by atoms with E-state index in [0.717, 1.165) is 11.3 Å². The lowest BCUT2D eigenvalue weighted by molar-refractivity contribution is 0.0522. The van der Waals surface area contributed by atoms with Crippen LogP contribution in [0.2, 0.25) is 0 Å². The molecule has 2 heterocycles. The maximum Gasteiger partial charge on any atom is 0.338 e. The standard InChI is InChI=1S/C22H21N3O3/c1-3-28-22(27)15-10-7-11-16-18(15)21(26)19(17-12-23-13-25(17)2)20(24-16)14-8-5-4-6-9-14/h4-13,19-20,24H,3H2,1-2H3. The number of Topliss-reactive ketones (excluding diaryl/α,β-unsaturated/α-hetero) is 1. The minimum absolute atomic E-state index is 0.116. The van der Waals surface area contributed by atoms with E-state index in [0.29, 0.717) is 11.3 Å². The van der Waals surface area contributed by atoms with Crippen LogP contribution in [0.4, 0.5) is 5.69 Å². The molecule has 0 amide bonds. The molecule has 1 aliphatic rings. The van der Waals surface area contributed by atoms with Crippen molar-refractivity contribution in [3.05, 3.63) is 83.4 Å². The molecule has 0 bridgehead atoms. The van der Waals surface area contributed by atoms with Crippen LogP contribution in [0.3, 0.4) is 0 Å². The highest BCUT2D eigenvalue weighted by atomic mass is 16.5. The Balaban J connectivity index is 1.89. The second-order valence-corrected chi connectivity index (χ2v) is 6.75. The number of ether oxygens (including phenoxy) is 1. The largest absolute Gasteiger partial charge is 0.462 e. The fraction of sp³-hybridized carbons (Fsp3) is 0.227. The predicted octanol–water partition coefficient (Wildman–Crippen LogP) is 3.73. The second-order valence-electron chi connectivity index (χ2n) is 6.75. The van der Waals surface area contributed by atoms with Gasteiger partial charge in [0.2, 0.25) is 0 Å². The zero-order valence-electron chi connectivity index (χ0n) is 15.8. The van der Waals surface area contributed by atoms with Crippen molar-refractivity contribution in [1.29, 1.82) is 0 Å². The highest BCUT2D eigenvalue weighted by molar-refractivity contribution is 6.14. The molecule has 2 atom stereocenters. The Morgan fingerprint density at radius 3 is 2.64 bits per heavy atom. The first kappa shape index (κ1) is 18.0. The SMILES string of the molecule is CCOC(=O)c1cccc2c1C(=O)C(c1cncn1C)C(c1ccccc1)N2. The van der Waals surface area contributed by atoms with Gasteiger partial charge in [0, 0.05) is 18.9 Å². The number of nitrogens with one attached hydrogen (secondary N) is 1. The number of anilines is 1. The number of carbonyl (C=O) groups is 2. The molecule has 0 spiro atoms.